The summed E-state index contributed by atoms with van der Waals surface area (Å²) in [6.07, 6.45) is 7.76. The lowest BCUT2D eigenvalue weighted by atomic mass is 9.68. The molecular formula is C17H29IN4S. The molecule has 1 saturated carbocycles. The molecule has 0 unspecified atom stereocenters. The molecule has 130 valence electrons. The van der Waals surface area contributed by atoms with E-state index in [1.54, 1.807) is 11.3 Å². The van der Waals surface area contributed by atoms with E-state index in [9.17, 15) is 0 Å². The average molecular weight is 448 g/mol. The van der Waals surface area contributed by atoms with Crippen LogP contribution >= 0.6 is 35.3 Å². The second-order valence-corrected chi connectivity index (χ2v) is 7.69. The first-order valence-electron chi connectivity index (χ1n) is 8.65. The van der Waals surface area contributed by atoms with Crippen molar-refractivity contribution in [2.75, 3.05) is 26.2 Å². The number of aromatic nitrogens is 1. The Labute approximate surface area is 161 Å². The molecular weight excluding hydrogens is 419 g/mol. The predicted molar refractivity (Wildman–Crippen MR) is 109 cm³/mol. The highest BCUT2D eigenvalue weighted by Crippen LogP contribution is 2.47. The monoisotopic (exact) mass is 448 g/mol. The Morgan fingerprint density at radius 3 is 2.83 bits per heavy atom. The molecule has 0 amide bonds. The molecule has 2 fully saturated rings. The van der Waals surface area contributed by atoms with Crippen molar-refractivity contribution >= 4 is 41.3 Å². The minimum Gasteiger partial charge on any atom is -0.357 e. The van der Waals surface area contributed by atoms with Gasteiger partial charge in [-0.25, -0.2) is 4.98 Å². The van der Waals surface area contributed by atoms with Crippen LogP contribution in [-0.4, -0.2) is 42.0 Å². The van der Waals surface area contributed by atoms with E-state index < -0.39 is 0 Å². The Balaban J connectivity index is 0.00000192. The fourth-order valence-electron chi connectivity index (χ4n) is 3.56. The van der Waals surface area contributed by atoms with Crippen LogP contribution in [0.2, 0.25) is 0 Å². The maximum Gasteiger partial charge on any atom is 0.193 e. The number of thiazole rings is 1. The van der Waals surface area contributed by atoms with E-state index in [2.05, 4.69) is 34.4 Å². The van der Waals surface area contributed by atoms with Crippen molar-refractivity contribution in [1.82, 2.24) is 15.2 Å². The van der Waals surface area contributed by atoms with Gasteiger partial charge in [-0.3, -0.25) is 4.99 Å². The van der Waals surface area contributed by atoms with E-state index in [1.165, 1.54) is 43.8 Å². The quantitative estimate of drug-likeness (QED) is 0.322. The van der Waals surface area contributed by atoms with Crippen molar-refractivity contribution in [2.45, 2.75) is 52.4 Å². The Hall–Kier alpha value is -0.370. The Bertz CT molecular complexity index is 524. The second kappa shape index (κ2) is 8.65. The van der Waals surface area contributed by atoms with Crippen LogP contribution in [0.25, 0.3) is 0 Å². The third kappa shape index (κ3) is 4.81. The lowest BCUT2D eigenvalue weighted by Gasteiger charge is -2.38. The van der Waals surface area contributed by atoms with E-state index in [-0.39, 0.29) is 24.0 Å². The number of halogens is 1. The van der Waals surface area contributed by atoms with Crippen molar-refractivity contribution in [3.8, 4) is 0 Å². The molecule has 1 aromatic heterocycles. The van der Waals surface area contributed by atoms with Gasteiger partial charge in [0.15, 0.2) is 5.96 Å². The number of hydrogen-bond donors (Lipinski definition) is 1. The first kappa shape index (κ1) is 19.0. The highest BCUT2D eigenvalue weighted by Gasteiger charge is 2.43. The topological polar surface area (TPSA) is 40.5 Å². The maximum absolute atomic E-state index is 4.85. The SMILES string of the molecule is CCNC(=NCCCc1nc(C)cs1)N1CCC2(CCC2)C1.I. The van der Waals surface area contributed by atoms with Gasteiger partial charge in [0.05, 0.1) is 5.01 Å². The number of nitrogens with zero attached hydrogens (tertiary/aromatic N) is 3. The van der Waals surface area contributed by atoms with Crippen molar-refractivity contribution < 1.29 is 0 Å². The molecule has 1 spiro atoms. The van der Waals surface area contributed by atoms with Crippen LogP contribution in [0, 0.1) is 12.3 Å². The standard InChI is InChI=1S/C17H28N4S.HI/c1-3-18-16(21-11-9-17(13-21)7-5-8-17)19-10-4-6-15-20-14(2)12-22-15;/h12H,3-11,13H2,1-2H3,(H,18,19);1H. The lowest BCUT2D eigenvalue weighted by molar-refractivity contribution is 0.151. The van der Waals surface area contributed by atoms with Crippen LogP contribution in [-0.2, 0) is 6.42 Å². The lowest BCUT2D eigenvalue weighted by Crippen LogP contribution is -2.42. The molecule has 1 N–H and O–H groups in total. The van der Waals surface area contributed by atoms with Gasteiger partial charge in [-0.05, 0) is 44.9 Å². The average Bonchev–Trinajstić information content (AvgIpc) is 3.08. The van der Waals surface area contributed by atoms with E-state index in [0.29, 0.717) is 5.41 Å². The zero-order chi connectivity index (χ0) is 15.4. The normalized spacial score (nSPS) is 19.6. The Morgan fingerprint density at radius 2 is 2.26 bits per heavy atom. The third-order valence-electron chi connectivity index (χ3n) is 4.96. The first-order chi connectivity index (χ1) is 10.7. The summed E-state index contributed by atoms with van der Waals surface area (Å²) >= 11 is 1.77. The zero-order valence-corrected chi connectivity index (χ0v) is 17.5. The maximum atomic E-state index is 4.85. The molecule has 1 aliphatic carbocycles. The highest BCUT2D eigenvalue weighted by atomic mass is 127. The van der Waals surface area contributed by atoms with Gasteiger partial charge in [-0.2, -0.15) is 0 Å². The summed E-state index contributed by atoms with van der Waals surface area (Å²) < 4.78 is 0. The molecule has 0 aromatic carbocycles. The summed E-state index contributed by atoms with van der Waals surface area (Å²) in [7, 11) is 0. The van der Waals surface area contributed by atoms with Crippen LogP contribution in [0.5, 0.6) is 0 Å². The molecule has 0 atom stereocenters. The Morgan fingerprint density at radius 1 is 1.43 bits per heavy atom. The van der Waals surface area contributed by atoms with Gasteiger partial charge < -0.3 is 10.2 Å². The number of rotatable bonds is 5. The molecule has 4 nitrogen and oxygen atoms in total. The molecule has 2 heterocycles. The smallest absolute Gasteiger partial charge is 0.193 e. The van der Waals surface area contributed by atoms with Gasteiger partial charge in [-0.15, -0.1) is 35.3 Å². The van der Waals surface area contributed by atoms with Gasteiger partial charge in [0.1, 0.15) is 0 Å². The van der Waals surface area contributed by atoms with E-state index in [1.807, 2.05) is 0 Å². The molecule has 2 aliphatic rings. The molecule has 6 heteroatoms. The minimum atomic E-state index is 0. The molecule has 0 bridgehead atoms. The van der Waals surface area contributed by atoms with Crippen molar-refractivity contribution in [3.05, 3.63) is 16.1 Å². The zero-order valence-electron chi connectivity index (χ0n) is 14.3. The molecule has 1 aliphatic heterocycles. The van der Waals surface area contributed by atoms with Gasteiger partial charge >= 0.3 is 0 Å². The van der Waals surface area contributed by atoms with Crippen LogP contribution in [0.1, 0.15) is 49.7 Å². The summed E-state index contributed by atoms with van der Waals surface area (Å²) in [5, 5.41) is 6.85. The Kier molecular flexibility index (Phi) is 7.13. The number of nitrogens with one attached hydrogen (secondary N) is 1. The van der Waals surface area contributed by atoms with E-state index in [4.69, 9.17) is 4.99 Å². The highest BCUT2D eigenvalue weighted by molar-refractivity contribution is 14.0. The summed E-state index contributed by atoms with van der Waals surface area (Å²) in [4.78, 5) is 11.9. The van der Waals surface area contributed by atoms with Crippen molar-refractivity contribution in [3.63, 3.8) is 0 Å². The minimum absolute atomic E-state index is 0. The number of guanidine groups is 1. The number of aliphatic imine (C=N–C) groups is 1. The summed E-state index contributed by atoms with van der Waals surface area (Å²) in [6, 6.07) is 0. The molecule has 23 heavy (non-hydrogen) atoms. The number of aryl methyl sites for hydroxylation is 2. The first-order valence-corrected chi connectivity index (χ1v) is 9.53. The van der Waals surface area contributed by atoms with Gasteiger partial charge in [-0.1, -0.05) is 6.42 Å². The fourth-order valence-corrected chi connectivity index (χ4v) is 4.38. The summed E-state index contributed by atoms with van der Waals surface area (Å²) in [5.41, 5.74) is 1.77. The van der Waals surface area contributed by atoms with Crippen LogP contribution in [0.15, 0.2) is 10.4 Å². The van der Waals surface area contributed by atoms with Gasteiger partial charge in [0.25, 0.3) is 0 Å². The molecule has 1 aromatic rings. The largest absolute Gasteiger partial charge is 0.357 e. The van der Waals surface area contributed by atoms with Crippen LogP contribution < -0.4 is 5.32 Å². The molecule has 0 radical (unpaired) electrons. The van der Waals surface area contributed by atoms with E-state index in [0.717, 1.165) is 37.6 Å². The second-order valence-electron chi connectivity index (χ2n) is 6.75. The van der Waals surface area contributed by atoms with E-state index >= 15 is 0 Å². The number of hydrogen-bond acceptors (Lipinski definition) is 3. The van der Waals surface area contributed by atoms with Gasteiger partial charge in [0, 0.05) is 43.7 Å². The summed E-state index contributed by atoms with van der Waals surface area (Å²) in [6.45, 7) is 8.45. The number of likely N-dealkylation sites (tertiary alicyclic amines) is 1. The van der Waals surface area contributed by atoms with Crippen molar-refractivity contribution in [1.29, 1.82) is 0 Å². The third-order valence-corrected chi connectivity index (χ3v) is 5.99. The molecule has 3 rings (SSSR count). The van der Waals surface area contributed by atoms with Crippen molar-refractivity contribution in [2.24, 2.45) is 10.4 Å². The molecule has 1 saturated heterocycles. The fraction of sp³-hybridized carbons (Fsp3) is 0.765. The predicted octanol–water partition coefficient (Wildman–Crippen LogP) is 3.84. The van der Waals surface area contributed by atoms with Gasteiger partial charge in [0.2, 0.25) is 0 Å². The summed E-state index contributed by atoms with van der Waals surface area (Å²) in [5.74, 6) is 1.13. The van der Waals surface area contributed by atoms with Crippen LogP contribution in [0.3, 0.4) is 0 Å². The van der Waals surface area contributed by atoms with Crippen LogP contribution in [0.4, 0.5) is 0 Å².